The number of furan rings is 1. The number of urea groups is 1. The molecule has 1 aromatic carbocycles. The molecule has 1 aliphatic rings. The number of nitrogens with zero attached hydrogens (tertiary/aromatic N) is 1. The minimum Gasteiger partial charge on any atom is -0.469 e. The number of benzene rings is 1. The number of esters is 1. The van der Waals surface area contributed by atoms with Gasteiger partial charge in [-0.15, -0.1) is 0 Å². The molecule has 1 fully saturated rings. The van der Waals surface area contributed by atoms with Crippen LogP contribution in [-0.4, -0.2) is 37.1 Å². The first-order valence-corrected chi connectivity index (χ1v) is 7.92. The van der Waals surface area contributed by atoms with Crippen LogP contribution in [0.25, 0.3) is 11.3 Å². The lowest BCUT2D eigenvalue weighted by molar-refractivity contribution is -0.141. The predicted molar refractivity (Wildman–Crippen MR) is 89.5 cm³/mol. The molecule has 1 aliphatic heterocycles. The monoisotopic (exact) mass is 328 g/mol. The van der Waals surface area contributed by atoms with Crippen LogP contribution < -0.4 is 5.32 Å². The Labute approximate surface area is 140 Å². The molecule has 0 aliphatic carbocycles. The van der Waals surface area contributed by atoms with E-state index in [0.29, 0.717) is 25.2 Å². The van der Waals surface area contributed by atoms with Crippen LogP contribution >= 0.6 is 0 Å². The zero-order valence-electron chi connectivity index (χ0n) is 13.5. The Morgan fingerprint density at radius 2 is 2.21 bits per heavy atom. The van der Waals surface area contributed by atoms with E-state index in [0.717, 1.165) is 17.7 Å². The molecule has 0 radical (unpaired) electrons. The normalized spacial score (nSPS) is 16.9. The highest BCUT2D eigenvalue weighted by molar-refractivity contribution is 5.90. The van der Waals surface area contributed by atoms with Gasteiger partial charge in [0.25, 0.3) is 0 Å². The van der Waals surface area contributed by atoms with Crippen molar-refractivity contribution < 1.29 is 18.7 Å². The van der Waals surface area contributed by atoms with Gasteiger partial charge in [0.15, 0.2) is 0 Å². The second-order valence-corrected chi connectivity index (χ2v) is 5.87. The topological polar surface area (TPSA) is 71.8 Å². The van der Waals surface area contributed by atoms with E-state index in [1.807, 2.05) is 36.4 Å². The number of rotatable bonds is 4. The van der Waals surface area contributed by atoms with Crippen molar-refractivity contribution in [3.05, 3.63) is 42.7 Å². The smallest absolute Gasteiger partial charge is 0.321 e. The van der Waals surface area contributed by atoms with Gasteiger partial charge in [0.1, 0.15) is 5.76 Å². The van der Waals surface area contributed by atoms with Crippen molar-refractivity contribution in [2.24, 2.45) is 5.92 Å². The Balaban J connectivity index is 1.59. The number of ether oxygens (including phenoxy) is 1. The fourth-order valence-electron chi connectivity index (χ4n) is 2.90. The van der Waals surface area contributed by atoms with Crippen LogP contribution in [0.3, 0.4) is 0 Å². The fraction of sp³-hybridized carbons (Fsp3) is 0.333. The van der Waals surface area contributed by atoms with E-state index in [2.05, 4.69) is 10.1 Å². The van der Waals surface area contributed by atoms with Gasteiger partial charge in [0, 0.05) is 24.3 Å². The van der Waals surface area contributed by atoms with Crippen LogP contribution in [0, 0.1) is 5.92 Å². The Kier molecular flexibility index (Phi) is 4.84. The van der Waals surface area contributed by atoms with E-state index in [1.165, 1.54) is 7.11 Å². The van der Waals surface area contributed by atoms with Gasteiger partial charge >= 0.3 is 12.0 Å². The number of carbonyl (C=O) groups excluding carboxylic acids is 2. The summed E-state index contributed by atoms with van der Waals surface area (Å²) in [5.41, 5.74) is 1.62. The third kappa shape index (κ3) is 3.76. The highest BCUT2D eigenvalue weighted by Gasteiger charge is 2.28. The largest absolute Gasteiger partial charge is 0.469 e. The van der Waals surface area contributed by atoms with Gasteiger partial charge in [-0.3, -0.25) is 4.79 Å². The summed E-state index contributed by atoms with van der Waals surface area (Å²) in [4.78, 5) is 25.5. The average Bonchev–Trinajstić information content (AvgIpc) is 3.27. The lowest BCUT2D eigenvalue weighted by Gasteiger charge is -2.17. The summed E-state index contributed by atoms with van der Waals surface area (Å²) in [6.07, 6.45) is 2.79. The van der Waals surface area contributed by atoms with E-state index in [4.69, 9.17) is 4.42 Å². The van der Waals surface area contributed by atoms with Gasteiger partial charge in [-0.25, -0.2) is 4.79 Å². The van der Waals surface area contributed by atoms with Crippen LogP contribution in [0.1, 0.15) is 12.8 Å². The fourth-order valence-corrected chi connectivity index (χ4v) is 2.90. The SMILES string of the molecule is COC(=O)C[C@@H]1CCN(C(=O)Nc2cccc(-c3ccco3)c2)C1. The number of nitrogens with one attached hydrogen (secondary N) is 1. The van der Waals surface area contributed by atoms with Crippen molar-refractivity contribution >= 4 is 17.7 Å². The first-order valence-electron chi connectivity index (χ1n) is 7.92. The Bertz CT molecular complexity index is 712. The molecule has 2 heterocycles. The minimum atomic E-state index is -0.228. The van der Waals surface area contributed by atoms with Crippen LogP contribution in [0.5, 0.6) is 0 Å². The Hall–Kier alpha value is -2.76. The van der Waals surface area contributed by atoms with Gasteiger partial charge in [-0.1, -0.05) is 12.1 Å². The van der Waals surface area contributed by atoms with Crippen LogP contribution in [0.2, 0.25) is 0 Å². The summed E-state index contributed by atoms with van der Waals surface area (Å²) >= 11 is 0. The second kappa shape index (κ2) is 7.21. The molecular weight excluding hydrogens is 308 g/mol. The van der Waals surface area contributed by atoms with Crippen LogP contribution in [-0.2, 0) is 9.53 Å². The molecule has 0 bridgehead atoms. The van der Waals surface area contributed by atoms with Gasteiger partial charge in [0.05, 0.1) is 19.8 Å². The number of likely N-dealkylation sites (tertiary alicyclic amines) is 1. The number of hydrogen-bond donors (Lipinski definition) is 1. The van der Waals surface area contributed by atoms with Crippen LogP contribution in [0.15, 0.2) is 47.1 Å². The molecule has 1 atom stereocenters. The van der Waals surface area contributed by atoms with Crippen molar-refractivity contribution in [1.29, 1.82) is 0 Å². The summed E-state index contributed by atoms with van der Waals surface area (Å²) in [7, 11) is 1.38. The second-order valence-electron chi connectivity index (χ2n) is 5.87. The molecule has 1 aromatic heterocycles. The third-order valence-corrected chi connectivity index (χ3v) is 4.18. The predicted octanol–water partition coefficient (Wildman–Crippen LogP) is 3.36. The summed E-state index contributed by atoms with van der Waals surface area (Å²) in [6.45, 7) is 1.21. The standard InChI is InChI=1S/C18H20N2O4/c1-23-17(21)10-13-7-8-20(12-13)18(22)19-15-5-2-4-14(11-15)16-6-3-9-24-16/h2-6,9,11,13H,7-8,10,12H2,1H3,(H,19,22)/t13-/m0/s1. The third-order valence-electron chi connectivity index (χ3n) is 4.18. The molecule has 0 unspecified atom stereocenters. The number of hydrogen-bond acceptors (Lipinski definition) is 4. The number of amides is 2. The quantitative estimate of drug-likeness (QED) is 0.874. The highest BCUT2D eigenvalue weighted by Crippen LogP contribution is 2.24. The zero-order chi connectivity index (χ0) is 16.9. The van der Waals surface area contributed by atoms with Gasteiger partial charge in [-0.2, -0.15) is 0 Å². The van der Waals surface area contributed by atoms with E-state index < -0.39 is 0 Å². The molecule has 0 spiro atoms. The van der Waals surface area contributed by atoms with Gasteiger partial charge in [0.2, 0.25) is 0 Å². The lowest BCUT2D eigenvalue weighted by Crippen LogP contribution is -2.33. The number of methoxy groups -OCH3 is 1. The Morgan fingerprint density at radius 3 is 2.96 bits per heavy atom. The van der Waals surface area contributed by atoms with E-state index in [1.54, 1.807) is 11.2 Å². The number of anilines is 1. The maximum absolute atomic E-state index is 12.4. The lowest BCUT2D eigenvalue weighted by atomic mass is 10.1. The first-order chi connectivity index (χ1) is 11.7. The number of carbonyl (C=O) groups is 2. The molecule has 2 amide bonds. The summed E-state index contributed by atoms with van der Waals surface area (Å²) < 4.78 is 10.1. The highest BCUT2D eigenvalue weighted by atomic mass is 16.5. The molecule has 126 valence electrons. The maximum Gasteiger partial charge on any atom is 0.321 e. The minimum absolute atomic E-state index is 0.154. The molecule has 3 rings (SSSR count). The first kappa shape index (κ1) is 16.1. The van der Waals surface area contributed by atoms with Crippen molar-refractivity contribution in [1.82, 2.24) is 4.90 Å². The molecule has 24 heavy (non-hydrogen) atoms. The van der Waals surface area contributed by atoms with E-state index in [9.17, 15) is 9.59 Å². The molecule has 6 heteroatoms. The summed E-state index contributed by atoms with van der Waals surface area (Å²) in [5, 5.41) is 2.90. The van der Waals surface area contributed by atoms with Crippen molar-refractivity contribution in [2.45, 2.75) is 12.8 Å². The maximum atomic E-state index is 12.4. The summed E-state index contributed by atoms with van der Waals surface area (Å²) in [5.74, 6) is 0.691. The molecular formula is C18H20N2O4. The zero-order valence-corrected chi connectivity index (χ0v) is 13.5. The molecule has 1 N–H and O–H groups in total. The van der Waals surface area contributed by atoms with Gasteiger partial charge in [-0.05, 0) is 36.6 Å². The average molecular weight is 328 g/mol. The molecule has 2 aromatic rings. The molecule has 6 nitrogen and oxygen atoms in total. The van der Waals surface area contributed by atoms with E-state index in [-0.39, 0.29) is 17.9 Å². The van der Waals surface area contributed by atoms with Crippen molar-refractivity contribution in [3.8, 4) is 11.3 Å². The van der Waals surface area contributed by atoms with Crippen molar-refractivity contribution in [2.75, 3.05) is 25.5 Å². The molecule has 1 saturated heterocycles. The van der Waals surface area contributed by atoms with E-state index >= 15 is 0 Å². The van der Waals surface area contributed by atoms with Crippen molar-refractivity contribution in [3.63, 3.8) is 0 Å². The van der Waals surface area contributed by atoms with Crippen LogP contribution in [0.4, 0.5) is 10.5 Å². The molecule has 0 saturated carbocycles. The summed E-state index contributed by atoms with van der Waals surface area (Å²) in [6, 6.07) is 11.1. The Morgan fingerprint density at radius 1 is 1.33 bits per heavy atom. The van der Waals surface area contributed by atoms with Gasteiger partial charge < -0.3 is 19.4 Å².